The number of benzene rings is 2. The van der Waals surface area contributed by atoms with E-state index in [1.165, 1.54) is 47.2 Å². The van der Waals surface area contributed by atoms with Gasteiger partial charge >= 0.3 is 0 Å². The second-order valence-electron chi connectivity index (χ2n) is 5.83. The van der Waals surface area contributed by atoms with Crippen molar-refractivity contribution in [2.75, 3.05) is 18.0 Å². The van der Waals surface area contributed by atoms with Gasteiger partial charge in [0.1, 0.15) is 0 Å². The minimum Gasteiger partial charge on any atom is -0.372 e. The molecule has 2 aromatic rings. The Labute approximate surface area is 146 Å². The number of piperidine rings is 1. The minimum atomic E-state index is 1.01. The van der Waals surface area contributed by atoms with Crippen LogP contribution in [0.2, 0.25) is 0 Å². The number of hydrogen-bond acceptors (Lipinski definition) is 2. The predicted octanol–water partition coefficient (Wildman–Crippen LogP) is 5.34. The van der Waals surface area contributed by atoms with Crippen LogP contribution in [0.25, 0.3) is 0 Å². The maximum absolute atomic E-state index is 4.58. The lowest BCUT2D eigenvalue weighted by Crippen LogP contribution is -2.29. The lowest BCUT2D eigenvalue weighted by atomic mass is 10.1. The van der Waals surface area contributed by atoms with Gasteiger partial charge in [0.2, 0.25) is 0 Å². The Balaban J connectivity index is 1.69. The normalized spacial score (nSPS) is 15.5. The predicted molar refractivity (Wildman–Crippen MR) is 104 cm³/mol. The molecule has 0 saturated carbocycles. The molecule has 2 nitrogen and oxygen atoms in total. The van der Waals surface area contributed by atoms with E-state index in [-0.39, 0.29) is 0 Å². The fourth-order valence-electron chi connectivity index (χ4n) is 2.78. The molecular formula is C19H21IN2. The molecule has 0 N–H and O–H groups in total. The van der Waals surface area contributed by atoms with Crippen molar-refractivity contribution < 1.29 is 0 Å². The number of aliphatic imine (C=N–C) groups is 1. The van der Waals surface area contributed by atoms with E-state index in [4.69, 9.17) is 0 Å². The van der Waals surface area contributed by atoms with Gasteiger partial charge in [-0.1, -0.05) is 12.1 Å². The quantitative estimate of drug-likeness (QED) is 0.498. The first-order valence-corrected chi connectivity index (χ1v) is 8.95. The summed E-state index contributed by atoms with van der Waals surface area (Å²) in [5.74, 6) is 0. The lowest BCUT2D eigenvalue weighted by Gasteiger charge is -2.28. The highest BCUT2D eigenvalue weighted by Crippen LogP contribution is 2.21. The Kier molecular flexibility index (Phi) is 5.13. The summed E-state index contributed by atoms with van der Waals surface area (Å²) in [4.78, 5) is 7.06. The first kappa shape index (κ1) is 15.5. The zero-order valence-electron chi connectivity index (χ0n) is 12.9. The number of rotatable bonds is 3. The molecule has 1 fully saturated rings. The van der Waals surface area contributed by atoms with E-state index in [2.05, 4.69) is 81.9 Å². The third kappa shape index (κ3) is 3.88. The maximum atomic E-state index is 4.58. The summed E-state index contributed by atoms with van der Waals surface area (Å²) < 4.78 is 1.28. The standard InChI is InChI=1S/C19H21IN2/c1-15-13-17(7-10-19(15)20)21-14-16-5-8-18(9-6-16)22-11-3-2-4-12-22/h5-10,13-14H,2-4,11-12H2,1H3. The number of aryl methyl sites for hydroxylation is 1. The highest BCUT2D eigenvalue weighted by atomic mass is 127. The van der Waals surface area contributed by atoms with E-state index in [0.717, 1.165) is 11.3 Å². The van der Waals surface area contributed by atoms with Gasteiger partial charge in [-0.2, -0.15) is 0 Å². The molecule has 0 atom stereocenters. The first-order chi connectivity index (χ1) is 10.7. The number of anilines is 1. The Bertz CT molecular complexity index is 656. The van der Waals surface area contributed by atoms with Crippen LogP contribution in [-0.4, -0.2) is 19.3 Å². The molecule has 0 aliphatic carbocycles. The summed E-state index contributed by atoms with van der Waals surface area (Å²) in [6.07, 6.45) is 5.95. The fraction of sp³-hybridized carbons (Fsp3) is 0.316. The molecule has 1 saturated heterocycles. The van der Waals surface area contributed by atoms with Gasteiger partial charge in [-0.15, -0.1) is 0 Å². The number of hydrogen-bond donors (Lipinski definition) is 0. The second-order valence-corrected chi connectivity index (χ2v) is 6.99. The molecule has 1 aliphatic heterocycles. The molecule has 0 unspecified atom stereocenters. The largest absolute Gasteiger partial charge is 0.372 e. The van der Waals surface area contributed by atoms with Crippen LogP contribution in [0.3, 0.4) is 0 Å². The van der Waals surface area contributed by atoms with E-state index >= 15 is 0 Å². The first-order valence-electron chi connectivity index (χ1n) is 7.87. The molecule has 0 aromatic heterocycles. The number of nitrogens with zero attached hydrogens (tertiary/aromatic N) is 2. The molecule has 3 heteroatoms. The SMILES string of the molecule is Cc1cc(N=Cc2ccc(N3CCCCC3)cc2)ccc1I. The van der Waals surface area contributed by atoms with Gasteiger partial charge in [-0.25, -0.2) is 0 Å². The summed E-state index contributed by atoms with van der Waals surface area (Å²) >= 11 is 2.35. The smallest absolute Gasteiger partial charge is 0.0633 e. The monoisotopic (exact) mass is 404 g/mol. The van der Waals surface area contributed by atoms with E-state index in [0.29, 0.717) is 0 Å². The van der Waals surface area contributed by atoms with Crippen LogP contribution in [-0.2, 0) is 0 Å². The third-order valence-corrected chi connectivity index (χ3v) is 5.33. The van der Waals surface area contributed by atoms with E-state index in [1.807, 2.05) is 6.21 Å². The van der Waals surface area contributed by atoms with E-state index in [1.54, 1.807) is 0 Å². The molecule has 114 valence electrons. The van der Waals surface area contributed by atoms with Crippen LogP contribution in [0.15, 0.2) is 47.5 Å². The highest BCUT2D eigenvalue weighted by Gasteiger charge is 2.10. The highest BCUT2D eigenvalue weighted by molar-refractivity contribution is 14.1. The summed E-state index contributed by atoms with van der Waals surface area (Å²) in [6, 6.07) is 15.0. The van der Waals surface area contributed by atoms with Crippen LogP contribution in [0, 0.1) is 10.5 Å². The van der Waals surface area contributed by atoms with Gasteiger partial charge in [-0.3, -0.25) is 4.99 Å². The molecule has 0 bridgehead atoms. The number of halogens is 1. The van der Waals surface area contributed by atoms with Crippen LogP contribution < -0.4 is 4.90 Å². The van der Waals surface area contributed by atoms with Crippen LogP contribution in [0.4, 0.5) is 11.4 Å². The third-order valence-electron chi connectivity index (χ3n) is 4.12. The molecule has 22 heavy (non-hydrogen) atoms. The zero-order chi connectivity index (χ0) is 15.4. The lowest BCUT2D eigenvalue weighted by molar-refractivity contribution is 0.578. The van der Waals surface area contributed by atoms with Crippen molar-refractivity contribution in [1.82, 2.24) is 0 Å². The van der Waals surface area contributed by atoms with Gasteiger partial charge in [0.15, 0.2) is 0 Å². The molecule has 1 heterocycles. The summed E-state index contributed by atoms with van der Waals surface area (Å²) in [5.41, 5.74) is 4.77. The summed E-state index contributed by atoms with van der Waals surface area (Å²) in [5, 5.41) is 0. The van der Waals surface area contributed by atoms with Crippen molar-refractivity contribution in [1.29, 1.82) is 0 Å². The van der Waals surface area contributed by atoms with Crippen LogP contribution in [0.5, 0.6) is 0 Å². The molecular weight excluding hydrogens is 383 g/mol. The Hall–Kier alpha value is -1.36. The van der Waals surface area contributed by atoms with Gasteiger partial charge in [0, 0.05) is 28.6 Å². The molecule has 2 aromatic carbocycles. The fourth-order valence-corrected chi connectivity index (χ4v) is 3.12. The van der Waals surface area contributed by atoms with Crippen molar-refractivity contribution in [3.8, 4) is 0 Å². The van der Waals surface area contributed by atoms with E-state index < -0.39 is 0 Å². The van der Waals surface area contributed by atoms with Gasteiger partial charge in [0.25, 0.3) is 0 Å². The Morgan fingerprint density at radius 1 is 1.00 bits per heavy atom. The second kappa shape index (κ2) is 7.27. The van der Waals surface area contributed by atoms with Gasteiger partial charge < -0.3 is 4.90 Å². The van der Waals surface area contributed by atoms with Crippen LogP contribution >= 0.6 is 22.6 Å². The molecule has 1 aliphatic rings. The zero-order valence-corrected chi connectivity index (χ0v) is 15.1. The van der Waals surface area contributed by atoms with Gasteiger partial charge in [-0.05, 0) is 90.2 Å². The maximum Gasteiger partial charge on any atom is 0.0633 e. The molecule has 3 rings (SSSR count). The summed E-state index contributed by atoms with van der Waals surface area (Å²) in [7, 11) is 0. The molecule has 0 spiro atoms. The summed E-state index contributed by atoms with van der Waals surface area (Å²) in [6.45, 7) is 4.50. The topological polar surface area (TPSA) is 15.6 Å². The molecule has 0 amide bonds. The molecule has 0 radical (unpaired) electrons. The van der Waals surface area contributed by atoms with Crippen molar-refractivity contribution in [3.05, 3.63) is 57.2 Å². The average molecular weight is 404 g/mol. The van der Waals surface area contributed by atoms with E-state index in [9.17, 15) is 0 Å². The minimum absolute atomic E-state index is 1.01. The van der Waals surface area contributed by atoms with Crippen molar-refractivity contribution >= 4 is 40.2 Å². The van der Waals surface area contributed by atoms with Gasteiger partial charge in [0.05, 0.1) is 5.69 Å². The van der Waals surface area contributed by atoms with Crippen molar-refractivity contribution in [2.45, 2.75) is 26.2 Å². The van der Waals surface area contributed by atoms with Crippen molar-refractivity contribution in [2.24, 2.45) is 4.99 Å². The Morgan fingerprint density at radius 3 is 2.41 bits per heavy atom. The van der Waals surface area contributed by atoms with Crippen molar-refractivity contribution in [3.63, 3.8) is 0 Å². The Morgan fingerprint density at radius 2 is 1.73 bits per heavy atom. The van der Waals surface area contributed by atoms with Crippen LogP contribution in [0.1, 0.15) is 30.4 Å². The average Bonchev–Trinajstić information content (AvgIpc) is 2.57.